The number of halogens is 2. The van der Waals surface area contributed by atoms with Crippen LogP contribution in [0.15, 0.2) is 29.0 Å². The standard InChI is InChI=1S/C18H18BrClN4O/c1-10(2)17-22-15(20)6-16(23-17)25-9-13-8-24-7-12(11-3-4-11)5-14(19)18(24)21-13/h5-8,10-11H,3-4,9H2,1-2H3. The number of fused-ring (bicyclic) bond motifs is 1. The molecule has 3 heterocycles. The van der Waals surface area contributed by atoms with Crippen molar-refractivity contribution in [1.29, 1.82) is 0 Å². The van der Waals surface area contributed by atoms with Gasteiger partial charge in [-0.1, -0.05) is 25.4 Å². The van der Waals surface area contributed by atoms with Gasteiger partial charge in [0.2, 0.25) is 5.88 Å². The predicted molar refractivity (Wildman–Crippen MR) is 100 cm³/mol. The van der Waals surface area contributed by atoms with Gasteiger partial charge >= 0.3 is 0 Å². The molecule has 0 bridgehead atoms. The Labute approximate surface area is 159 Å². The Kier molecular flexibility index (Phi) is 4.41. The molecular weight excluding hydrogens is 404 g/mol. The Morgan fingerprint density at radius 2 is 2.04 bits per heavy atom. The average molecular weight is 422 g/mol. The quantitative estimate of drug-likeness (QED) is 0.537. The molecule has 1 fully saturated rings. The molecule has 3 aromatic heterocycles. The van der Waals surface area contributed by atoms with Crippen molar-refractivity contribution in [3.05, 3.63) is 51.2 Å². The van der Waals surface area contributed by atoms with Gasteiger partial charge in [-0.05, 0) is 46.3 Å². The molecule has 25 heavy (non-hydrogen) atoms. The number of rotatable bonds is 5. The Bertz CT molecular complexity index is 936. The van der Waals surface area contributed by atoms with Gasteiger partial charge in [-0.2, -0.15) is 4.98 Å². The minimum atomic E-state index is 0.188. The highest BCUT2D eigenvalue weighted by molar-refractivity contribution is 9.10. The molecular formula is C18H18BrClN4O. The summed E-state index contributed by atoms with van der Waals surface area (Å²) in [4.78, 5) is 13.3. The van der Waals surface area contributed by atoms with E-state index in [-0.39, 0.29) is 5.92 Å². The summed E-state index contributed by atoms with van der Waals surface area (Å²) in [7, 11) is 0. The van der Waals surface area contributed by atoms with E-state index in [1.807, 2.05) is 20.0 Å². The van der Waals surface area contributed by atoms with Gasteiger partial charge in [0.15, 0.2) is 5.65 Å². The zero-order chi connectivity index (χ0) is 17.6. The fourth-order valence-corrected chi connectivity index (χ4v) is 3.47. The van der Waals surface area contributed by atoms with Gasteiger partial charge in [-0.25, -0.2) is 9.97 Å². The number of hydrogen-bond donors (Lipinski definition) is 0. The van der Waals surface area contributed by atoms with Crippen molar-refractivity contribution in [3.63, 3.8) is 0 Å². The van der Waals surface area contributed by atoms with Crippen molar-refractivity contribution in [2.75, 3.05) is 0 Å². The van der Waals surface area contributed by atoms with Gasteiger partial charge in [0.25, 0.3) is 0 Å². The lowest BCUT2D eigenvalue weighted by molar-refractivity contribution is 0.288. The van der Waals surface area contributed by atoms with E-state index in [9.17, 15) is 0 Å². The maximum Gasteiger partial charge on any atom is 0.218 e. The van der Waals surface area contributed by atoms with Gasteiger partial charge < -0.3 is 9.14 Å². The molecule has 0 spiro atoms. The Morgan fingerprint density at radius 3 is 2.76 bits per heavy atom. The van der Waals surface area contributed by atoms with Crippen LogP contribution in [0.1, 0.15) is 55.6 Å². The lowest BCUT2D eigenvalue weighted by Crippen LogP contribution is -2.03. The zero-order valence-electron chi connectivity index (χ0n) is 14.0. The summed E-state index contributed by atoms with van der Waals surface area (Å²) in [5.74, 6) is 2.03. The van der Waals surface area contributed by atoms with Crippen LogP contribution in [0.5, 0.6) is 5.88 Å². The van der Waals surface area contributed by atoms with Crippen LogP contribution in [-0.4, -0.2) is 19.4 Å². The number of pyridine rings is 1. The molecule has 0 atom stereocenters. The molecule has 4 rings (SSSR count). The van der Waals surface area contributed by atoms with E-state index < -0.39 is 0 Å². The van der Waals surface area contributed by atoms with E-state index in [2.05, 4.69) is 47.5 Å². The first-order valence-electron chi connectivity index (χ1n) is 8.34. The molecule has 0 aromatic carbocycles. The zero-order valence-corrected chi connectivity index (χ0v) is 16.4. The molecule has 5 nitrogen and oxygen atoms in total. The first-order chi connectivity index (χ1) is 12.0. The van der Waals surface area contributed by atoms with Crippen molar-refractivity contribution in [2.45, 2.75) is 45.1 Å². The molecule has 0 radical (unpaired) electrons. The van der Waals surface area contributed by atoms with Gasteiger partial charge in [0.1, 0.15) is 17.6 Å². The Hall–Kier alpha value is -1.66. The Balaban J connectivity index is 1.56. The molecule has 0 N–H and O–H groups in total. The summed E-state index contributed by atoms with van der Waals surface area (Å²) >= 11 is 9.68. The maximum absolute atomic E-state index is 6.06. The summed E-state index contributed by atoms with van der Waals surface area (Å²) in [5, 5.41) is 0.389. The largest absolute Gasteiger partial charge is 0.471 e. The van der Waals surface area contributed by atoms with Crippen LogP contribution in [0.4, 0.5) is 0 Å². The van der Waals surface area contributed by atoms with Crippen LogP contribution in [0.3, 0.4) is 0 Å². The first kappa shape index (κ1) is 16.8. The van der Waals surface area contributed by atoms with Gasteiger partial charge in [0, 0.05) is 24.4 Å². The SMILES string of the molecule is CC(C)c1nc(Cl)cc(OCc2cn3cc(C4CC4)cc(Br)c3n2)n1. The smallest absolute Gasteiger partial charge is 0.218 e. The number of hydrogen-bond acceptors (Lipinski definition) is 4. The van der Waals surface area contributed by atoms with Crippen LogP contribution >= 0.6 is 27.5 Å². The highest BCUT2D eigenvalue weighted by Gasteiger charge is 2.24. The molecule has 0 aliphatic heterocycles. The van der Waals surface area contributed by atoms with Crippen molar-refractivity contribution in [1.82, 2.24) is 19.4 Å². The van der Waals surface area contributed by atoms with Crippen LogP contribution in [0, 0.1) is 0 Å². The second-order valence-electron chi connectivity index (χ2n) is 6.69. The molecule has 1 saturated carbocycles. The maximum atomic E-state index is 6.06. The third kappa shape index (κ3) is 3.65. The van der Waals surface area contributed by atoms with Crippen LogP contribution in [0.25, 0.3) is 5.65 Å². The van der Waals surface area contributed by atoms with Gasteiger partial charge in [0.05, 0.1) is 10.2 Å². The number of aromatic nitrogens is 4. The lowest BCUT2D eigenvalue weighted by atomic mass is 10.2. The summed E-state index contributed by atoms with van der Waals surface area (Å²) in [5.41, 5.74) is 3.09. The van der Waals surface area contributed by atoms with E-state index >= 15 is 0 Å². The topological polar surface area (TPSA) is 52.3 Å². The Morgan fingerprint density at radius 1 is 1.24 bits per heavy atom. The summed E-state index contributed by atoms with van der Waals surface area (Å²) in [6.07, 6.45) is 6.70. The number of imidazole rings is 1. The first-order valence-corrected chi connectivity index (χ1v) is 9.51. The van der Waals surface area contributed by atoms with E-state index in [4.69, 9.17) is 16.3 Å². The molecule has 3 aromatic rings. The minimum Gasteiger partial charge on any atom is -0.471 e. The van der Waals surface area contributed by atoms with Gasteiger partial charge in [-0.15, -0.1) is 0 Å². The van der Waals surface area contributed by atoms with Crippen LogP contribution in [0.2, 0.25) is 5.15 Å². The van der Waals surface area contributed by atoms with Crippen LogP contribution in [-0.2, 0) is 6.61 Å². The second-order valence-corrected chi connectivity index (χ2v) is 7.93. The molecule has 0 saturated heterocycles. The van der Waals surface area contributed by atoms with Crippen molar-refractivity contribution in [3.8, 4) is 5.88 Å². The van der Waals surface area contributed by atoms with E-state index in [1.165, 1.54) is 18.4 Å². The fraction of sp³-hybridized carbons (Fsp3) is 0.389. The molecule has 7 heteroatoms. The lowest BCUT2D eigenvalue weighted by Gasteiger charge is -2.08. The average Bonchev–Trinajstić information content (AvgIpc) is 3.32. The highest BCUT2D eigenvalue weighted by Crippen LogP contribution is 2.41. The molecule has 0 amide bonds. The van der Waals surface area contributed by atoms with E-state index in [0.717, 1.165) is 15.8 Å². The normalized spacial score (nSPS) is 14.4. The number of nitrogens with zero attached hydrogens (tertiary/aromatic N) is 4. The summed E-state index contributed by atoms with van der Waals surface area (Å²) in [6.45, 7) is 4.37. The third-order valence-corrected chi connectivity index (χ3v) is 4.98. The highest BCUT2D eigenvalue weighted by atomic mass is 79.9. The van der Waals surface area contributed by atoms with Crippen molar-refractivity contribution < 1.29 is 4.74 Å². The fourth-order valence-electron chi connectivity index (χ4n) is 2.73. The second kappa shape index (κ2) is 6.57. The number of ether oxygens (including phenoxy) is 1. The minimum absolute atomic E-state index is 0.188. The molecule has 0 unspecified atom stereocenters. The monoisotopic (exact) mass is 420 g/mol. The third-order valence-electron chi connectivity index (χ3n) is 4.20. The predicted octanol–water partition coefficient (Wildman–Crippen LogP) is 5.12. The van der Waals surface area contributed by atoms with Gasteiger partial charge in [-0.3, -0.25) is 0 Å². The van der Waals surface area contributed by atoms with Crippen molar-refractivity contribution in [2.24, 2.45) is 0 Å². The summed E-state index contributed by atoms with van der Waals surface area (Å²) in [6, 6.07) is 3.80. The molecule has 130 valence electrons. The van der Waals surface area contributed by atoms with Crippen LogP contribution < -0.4 is 4.74 Å². The van der Waals surface area contributed by atoms with E-state index in [1.54, 1.807) is 6.07 Å². The van der Waals surface area contributed by atoms with E-state index in [0.29, 0.717) is 29.4 Å². The molecule has 1 aliphatic carbocycles. The van der Waals surface area contributed by atoms with Crippen molar-refractivity contribution >= 4 is 33.2 Å². The molecule has 1 aliphatic rings. The summed E-state index contributed by atoms with van der Waals surface area (Å²) < 4.78 is 8.86.